The first-order valence-corrected chi connectivity index (χ1v) is 1.73. The molecule has 0 aliphatic heterocycles. The zero-order valence-electron chi connectivity index (χ0n) is 4.28. The van der Waals surface area contributed by atoms with Crippen LogP contribution in [-0.4, -0.2) is 72.7 Å². The van der Waals surface area contributed by atoms with Crippen LogP contribution in [0.5, 0.6) is 0 Å². The summed E-state index contributed by atoms with van der Waals surface area (Å²) in [5.74, 6) is 0. The van der Waals surface area contributed by atoms with Gasteiger partial charge in [-0.25, -0.2) is 0 Å². The molecule has 0 atom stereocenters. The van der Waals surface area contributed by atoms with Gasteiger partial charge >= 0.3 is 37.7 Å². The molecule has 0 aromatic heterocycles. The summed E-state index contributed by atoms with van der Waals surface area (Å²) in [6.45, 7) is 0. The van der Waals surface area contributed by atoms with Crippen molar-refractivity contribution in [3.05, 3.63) is 0 Å². The zero-order valence-corrected chi connectivity index (χ0v) is 6.49. The van der Waals surface area contributed by atoms with Gasteiger partial charge in [-0.05, 0) is 10.1 Å². The number of hydrogen-bond acceptors (Lipinski definition) is 0. The van der Waals surface area contributed by atoms with Gasteiger partial charge in [0.15, 0.2) is 17.4 Å². The van der Waals surface area contributed by atoms with E-state index in [1.54, 1.807) is 0 Å². The molecule has 4 heteroatoms. The first-order chi connectivity index (χ1) is 1.00. The van der Waals surface area contributed by atoms with Gasteiger partial charge in [-0.15, -0.1) is 0 Å². The summed E-state index contributed by atoms with van der Waals surface area (Å²) in [7, 11) is 5.44. The van der Waals surface area contributed by atoms with Crippen LogP contribution in [0.2, 0.25) is 0 Å². The zero-order chi connectivity index (χ0) is 2.00. The van der Waals surface area contributed by atoms with E-state index >= 15 is 0 Å². The van der Waals surface area contributed by atoms with Crippen LogP contribution in [0.1, 0.15) is 2.85 Å². The fourth-order valence-corrected chi connectivity index (χ4v) is 0. The molecule has 0 unspecified atom stereocenters. The molecule has 0 aromatic rings. The van der Waals surface area contributed by atoms with Gasteiger partial charge in [0, 0.05) is 7.44 Å². The van der Waals surface area contributed by atoms with Gasteiger partial charge in [-0.1, -0.05) is 0 Å². The van der Waals surface area contributed by atoms with Crippen LogP contribution in [-0.2, 0) is 0 Å². The largest absolute Gasteiger partial charge is 2.00 e. The molecular formula is H8AlBCaSi. The predicted molar refractivity (Wildman–Crippen MR) is 33.6 cm³/mol. The third kappa shape index (κ3) is 8.95. The molecule has 0 nitrogen and oxygen atoms in total. The van der Waals surface area contributed by atoms with E-state index in [0.29, 0.717) is 0 Å². The van der Waals surface area contributed by atoms with Crippen LogP contribution in [0, 0.1) is 0 Å². The van der Waals surface area contributed by atoms with Crippen LogP contribution in [0.15, 0.2) is 0 Å². The van der Waals surface area contributed by atoms with Crippen molar-refractivity contribution >= 4 is 72.7 Å². The molecule has 0 spiro atoms. The average Bonchev–Trinajstić information content (AvgIpc) is 1.00. The Morgan fingerprint density at radius 1 is 1.50 bits per heavy atom. The van der Waals surface area contributed by atoms with Crippen LogP contribution >= 0.6 is 0 Å². The molecule has 0 aliphatic carbocycles. The average molecular weight is 114 g/mol. The van der Waals surface area contributed by atoms with Gasteiger partial charge in [0.1, 0.15) is 0 Å². The van der Waals surface area contributed by atoms with E-state index in [2.05, 4.69) is 7.44 Å². The van der Waals surface area contributed by atoms with Crippen LogP contribution < -0.4 is 0 Å². The van der Waals surface area contributed by atoms with Gasteiger partial charge in [0.05, 0.1) is 0 Å². The molecule has 0 aliphatic rings. The standard InChI is InChI=1S/Al.BH3Si.Ca.5H/c;1-2;;;;;;/h;2H3;;;;;;/q;;+2;;;;2*-1. The normalized spacial score (nSPS) is 2.00. The van der Waals surface area contributed by atoms with Crippen molar-refractivity contribution in [2.75, 3.05) is 0 Å². The molecule has 0 aromatic carbocycles. The topological polar surface area (TPSA) is 0 Å². The fourth-order valence-electron chi connectivity index (χ4n) is 0. The Balaban J connectivity index is -0.000000000833. The molecular weight excluding hydrogens is 106 g/mol. The molecule has 0 saturated carbocycles. The van der Waals surface area contributed by atoms with Crippen molar-refractivity contribution in [1.29, 1.82) is 0 Å². The summed E-state index contributed by atoms with van der Waals surface area (Å²) in [4.78, 5) is 0. The Bertz CT molecular complexity index is 13.5. The SMILES string of the molecule is [AlH3].[B][SiH3].[Ca+2].[H-].[H-]. The van der Waals surface area contributed by atoms with Crippen LogP contribution in [0.3, 0.4) is 0 Å². The number of hydrogen-bond donors (Lipinski definition) is 0. The molecule has 0 N–H and O–H groups in total. The Morgan fingerprint density at radius 2 is 1.50 bits per heavy atom. The molecule has 0 rings (SSSR count). The third-order valence-electron chi connectivity index (χ3n) is 0. The van der Waals surface area contributed by atoms with Gasteiger partial charge < -0.3 is 2.85 Å². The van der Waals surface area contributed by atoms with Crippen molar-refractivity contribution in [3.63, 3.8) is 0 Å². The summed E-state index contributed by atoms with van der Waals surface area (Å²) in [5, 5.41) is 0. The second-order valence-corrected chi connectivity index (χ2v) is 0. The third-order valence-corrected chi connectivity index (χ3v) is 0. The molecule has 0 amide bonds. The maximum Gasteiger partial charge on any atom is 2.00 e. The fraction of sp³-hybridized carbons (Fsp3) is 0. The Morgan fingerprint density at radius 3 is 1.50 bits per heavy atom. The monoisotopic (exact) mass is 114 g/mol. The number of rotatable bonds is 0. The summed E-state index contributed by atoms with van der Waals surface area (Å²) in [5.41, 5.74) is 0. The van der Waals surface area contributed by atoms with Crippen LogP contribution in [0.4, 0.5) is 0 Å². The van der Waals surface area contributed by atoms with Gasteiger partial charge in [-0.3, -0.25) is 0 Å². The van der Waals surface area contributed by atoms with E-state index in [9.17, 15) is 0 Å². The molecule has 0 bridgehead atoms. The first-order valence-electron chi connectivity index (χ1n) is 0.577. The quantitative estimate of drug-likeness (QED) is 0.296. The van der Waals surface area contributed by atoms with E-state index < -0.39 is 0 Å². The summed E-state index contributed by atoms with van der Waals surface area (Å²) in [6, 6.07) is 0. The Labute approximate surface area is 74.6 Å². The van der Waals surface area contributed by atoms with Crippen molar-refractivity contribution in [2.45, 2.75) is 0 Å². The van der Waals surface area contributed by atoms with Crippen LogP contribution in [0.25, 0.3) is 0 Å². The molecule has 2 radical (unpaired) electrons. The minimum Gasteiger partial charge on any atom is -1.00 e. The van der Waals surface area contributed by atoms with Crippen molar-refractivity contribution in [2.24, 2.45) is 0 Å². The van der Waals surface area contributed by atoms with E-state index in [1.807, 2.05) is 0 Å². The smallest absolute Gasteiger partial charge is 1.00 e. The maximum absolute atomic E-state index is 4.64. The van der Waals surface area contributed by atoms with E-state index in [1.165, 1.54) is 0 Å². The Kier molecular flexibility index (Phi) is 81.0. The molecule has 0 saturated heterocycles. The molecule has 0 fully saturated rings. The van der Waals surface area contributed by atoms with Crippen molar-refractivity contribution in [1.82, 2.24) is 0 Å². The second-order valence-electron chi connectivity index (χ2n) is 0. The van der Waals surface area contributed by atoms with E-state index in [4.69, 9.17) is 0 Å². The second kappa shape index (κ2) is 19.6. The maximum atomic E-state index is 4.64. The summed E-state index contributed by atoms with van der Waals surface area (Å²) in [6.07, 6.45) is 0. The molecule has 0 heterocycles. The summed E-state index contributed by atoms with van der Waals surface area (Å²) < 4.78 is 0. The minimum atomic E-state index is 0. The molecule has 4 heavy (non-hydrogen) atoms. The van der Waals surface area contributed by atoms with Gasteiger partial charge in [0.2, 0.25) is 0 Å². The van der Waals surface area contributed by atoms with Crippen molar-refractivity contribution < 1.29 is 2.85 Å². The van der Waals surface area contributed by atoms with Gasteiger partial charge in [-0.2, -0.15) is 0 Å². The summed E-state index contributed by atoms with van der Waals surface area (Å²) >= 11 is 0. The molecule has 20 valence electrons. The van der Waals surface area contributed by atoms with E-state index in [0.717, 1.165) is 10.1 Å². The van der Waals surface area contributed by atoms with Gasteiger partial charge in [0.25, 0.3) is 0 Å². The van der Waals surface area contributed by atoms with E-state index in [-0.39, 0.29) is 58.0 Å². The first kappa shape index (κ1) is 16.5. The minimum absolute atomic E-state index is 0. The predicted octanol–water partition coefficient (Wildman–Crippen LogP) is -2.90. The Hall–Kier alpha value is 2.07. The van der Waals surface area contributed by atoms with Crippen molar-refractivity contribution in [3.8, 4) is 0 Å².